The second-order valence-electron chi connectivity index (χ2n) is 6.53. The van der Waals surface area contributed by atoms with Gasteiger partial charge in [-0.3, -0.25) is 24.3 Å². The topological polar surface area (TPSA) is 79.4 Å². The van der Waals surface area contributed by atoms with Crippen LogP contribution in [0, 0.1) is 0 Å². The van der Waals surface area contributed by atoms with Crippen molar-refractivity contribution in [3.8, 4) is 0 Å². The van der Waals surface area contributed by atoms with Gasteiger partial charge in [0.15, 0.2) is 0 Å². The normalized spacial score (nSPS) is 15.2. The number of thioether (sulfide) groups is 1. The average molecular weight is 438 g/mol. The minimum atomic E-state index is -0.368. The Hall–Kier alpha value is -3.16. The smallest absolute Gasteiger partial charge is 0.293 e. The van der Waals surface area contributed by atoms with E-state index in [1.807, 2.05) is 36.4 Å². The van der Waals surface area contributed by atoms with Crippen LogP contribution in [-0.2, 0) is 4.79 Å². The maximum Gasteiger partial charge on any atom is 0.293 e. The molecule has 0 atom stereocenters. The Morgan fingerprint density at radius 3 is 2.73 bits per heavy atom. The van der Waals surface area contributed by atoms with Crippen molar-refractivity contribution in [3.05, 3.63) is 81.8 Å². The van der Waals surface area contributed by atoms with Crippen LogP contribution in [-0.4, -0.2) is 40.0 Å². The lowest BCUT2D eigenvalue weighted by atomic mass is 10.1. The molecule has 1 aromatic heterocycles. The Kier molecular flexibility index (Phi) is 5.83. The van der Waals surface area contributed by atoms with Crippen molar-refractivity contribution in [1.82, 2.24) is 15.2 Å². The van der Waals surface area contributed by atoms with Crippen molar-refractivity contribution in [2.24, 2.45) is 0 Å². The molecule has 1 fully saturated rings. The molecule has 0 unspecified atom stereocenters. The first kappa shape index (κ1) is 20.1. The molecule has 0 spiro atoms. The van der Waals surface area contributed by atoms with E-state index in [1.54, 1.807) is 30.5 Å². The van der Waals surface area contributed by atoms with E-state index in [4.69, 9.17) is 11.6 Å². The molecule has 4 rings (SSSR count). The summed E-state index contributed by atoms with van der Waals surface area (Å²) >= 11 is 7.01. The third-order valence-electron chi connectivity index (χ3n) is 4.51. The highest BCUT2D eigenvalue weighted by atomic mass is 35.5. The Morgan fingerprint density at radius 1 is 1.13 bits per heavy atom. The quantitative estimate of drug-likeness (QED) is 0.600. The van der Waals surface area contributed by atoms with Gasteiger partial charge in [-0.2, -0.15) is 0 Å². The predicted molar refractivity (Wildman–Crippen MR) is 118 cm³/mol. The Morgan fingerprint density at radius 2 is 1.93 bits per heavy atom. The Labute approximate surface area is 181 Å². The van der Waals surface area contributed by atoms with Crippen molar-refractivity contribution in [3.63, 3.8) is 0 Å². The number of amides is 3. The van der Waals surface area contributed by atoms with Crippen LogP contribution < -0.4 is 5.32 Å². The number of hydrogen-bond acceptors (Lipinski definition) is 5. The second kappa shape index (κ2) is 8.69. The van der Waals surface area contributed by atoms with Gasteiger partial charge < -0.3 is 5.32 Å². The summed E-state index contributed by atoms with van der Waals surface area (Å²) in [6, 6.07) is 16.2. The molecular formula is C22H16ClN3O3S. The monoisotopic (exact) mass is 437 g/mol. The molecule has 2 heterocycles. The van der Waals surface area contributed by atoms with Crippen LogP contribution in [0.5, 0.6) is 0 Å². The molecule has 1 saturated heterocycles. The molecule has 3 aromatic rings. The number of nitrogens with one attached hydrogen (secondary N) is 1. The van der Waals surface area contributed by atoms with Crippen molar-refractivity contribution in [2.45, 2.75) is 0 Å². The van der Waals surface area contributed by atoms with Crippen LogP contribution in [0.3, 0.4) is 0 Å². The average Bonchev–Trinajstić information content (AvgIpc) is 3.01. The van der Waals surface area contributed by atoms with Gasteiger partial charge in [-0.1, -0.05) is 48.0 Å². The summed E-state index contributed by atoms with van der Waals surface area (Å²) in [5.41, 5.74) is 1.73. The number of imide groups is 1. The number of benzene rings is 2. The molecule has 0 radical (unpaired) electrons. The van der Waals surface area contributed by atoms with E-state index in [0.29, 0.717) is 21.0 Å². The number of carbonyl (C=O) groups excluding carboxylic acids is 3. The van der Waals surface area contributed by atoms with E-state index < -0.39 is 0 Å². The minimum Gasteiger partial charge on any atom is -0.350 e. The molecule has 150 valence electrons. The van der Waals surface area contributed by atoms with Crippen LogP contribution >= 0.6 is 23.4 Å². The standard InChI is InChI=1S/C22H16ClN3O3S/c23-16-12-15-7-4-8-24-19(15)17(13-16)20(27)25-9-10-26-21(28)18(30-22(26)29)11-14-5-2-1-3-6-14/h1-8,11-13H,9-10H2,(H,25,27). The van der Waals surface area contributed by atoms with E-state index >= 15 is 0 Å². The highest BCUT2D eigenvalue weighted by Gasteiger charge is 2.34. The Bertz CT molecular complexity index is 1180. The van der Waals surface area contributed by atoms with E-state index in [1.165, 1.54) is 0 Å². The van der Waals surface area contributed by atoms with Gasteiger partial charge in [-0.25, -0.2) is 0 Å². The summed E-state index contributed by atoms with van der Waals surface area (Å²) in [4.78, 5) is 43.2. The van der Waals surface area contributed by atoms with Gasteiger partial charge in [0.2, 0.25) is 0 Å². The zero-order chi connectivity index (χ0) is 21.1. The molecular weight excluding hydrogens is 422 g/mol. The first-order valence-electron chi connectivity index (χ1n) is 9.16. The Balaban J connectivity index is 1.42. The minimum absolute atomic E-state index is 0.0778. The van der Waals surface area contributed by atoms with Crippen LogP contribution in [0.25, 0.3) is 17.0 Å². The van der Waals surface area contributed by atoms with E-state index in [9.17, 15) is 14.4 Å². The molecule has 0 bridgehead atoms. The first-order valence-corrected chi connectivity index (χ1v) is 10.4. The third kappa shape index (κ3) is 4.22. The van der Waals surface area contributed by atoms with Crippen molar-refractivity contribution in [1.29, 1.82) is 0 Å². The van der Waals surface area contributed by atoms with E-state index in [-0.39, 0.29) is 30.1 Å². The van der Waals surface area contributed by atoms with Crippen LogP contribution in [0.15, 0.2) is 65.7 Å². The lowest BCUT2D eigenvalue weighted by molar-refractivity contribution is -0.122. The number of aromatic nitrogens is 1. The SMILES string of the molecule is O=C(NCCN1C(=O)SC(=Cc2ccccc2)C1=O)c1cc(Cl)cc2cccnc12. The number of hydrogen-bond donors (Lipinski definition) is 1. The van der Waals surface area contributed by atoms with E-state index in [2.05, 4.69) is 10.3 Å². The molecule has 1 aliphatic heterocycles. The number of fused-ring (bicyclic) bond motifs is 1. The molecule has 8 heteroatoms. The summed E-state index contributed by atoms with van der Waals surface area (Å²) < 4.78 is 0. The number of carbonyl (C=O) groups is 3. The van der Waals surface area contributed by atoms with Crippen LogP contribution in [0.4, 0.5) is 4.79 Å². The van der Waals surface area contributed by atoms with Gasteiger partial charge in [0.1, 0.15) is 0 Å². The zero-order valence-corrected chi connectivity index (χ0v) is 17.2. The van der Waals surface area contributed by atoms with Crippen LogP contribution in [0.2, 0.25) is 5.02 Å². The molecule has 6 nitrogen and oxygen atoms in total. The first-order chi connectivity index (χ1) is 14.5. The molecule has 3 amide bonds. The maximum absolute atomic E-state index is 12.6. The van der Waals surface area contributed by atoms with Gasteiger partial charge in [0.25, 0.3) is 17.1 Å². The number of pyridine rings is 1. The van der Waals surface area contributed by atoms with Crippen molar-refractivity contribution >= 4 is 57.4 Å². The fourth-order valence-corrected chi connectivity index (χ4v) is 4.19. The highest BCUT2D eigenvalue weighted by Crippen LogP contribution is 2.31. The zero-order valence-electron chi connectivity index (χ0n) is 15.7. The molecule has 30 heavy (non-hydrogen) atoms. The fourth-order valence-electron chi connectivity index (χ4n) is 3.10. The molecule has 1 aliphatic rings. The summed E-state index contributed by atoms with van der Waals surface area (Å²) in [5, 5.41) is 3.57. The molecule has 1 N–H and O–H groups in total. The van der Waals surface area contributed by atoms with E-state index in [0.717, 1.165) is 27.6 Å². The summed E-state index contributed by atoms with van der Waals surface area (Å²) in [6.45, 7) is 0.199. The maximum atomic E-state index is 12.6. The van der Waals surface area contributed by atoms with Gasteiger partial charge in [0, 0.05) is 29.7 Å². The van der Waals surface area contributed by atoms with Gasteiger partial charge >= 0.3 is 0 Å². The largest absolute Gasteiger partial charge is 0.350 e. The number of halogens is 1. The van der Waals surface area contributed by atoms with Gasteiger partial charge in [0.05, 0.1) is 16.0 Å². The van der Waals surface area contributed by atoms with Crippen molar-refractivity contribution < 1.29 is 14.4 Å². The summed E-state index contributed by atoms with van der Waals surface area (Å²) in [5.74, 6) is -0.731. The molecule has 0 aliphatic carbocycles. The molecule has 0 saturated carbocycles. The lowest BCUT2D eigenvalue weighted by Crippen LogP contribution is -2.37. The van der Waals surface area contributed by atoms with Gasteiger partial charge in [-0.05, 0) is 41.6 Å². The number of rotatable bonds is 5. The van der Waals surface area contributed by atoms with Crippen molar-refractivity contribution in [2.75, 3.05) is 13.1 Å². The summed E-state index contributed by atoms with van der Waals surface area (Å²) in [7, 11) is 0. The lowest BCUT2D eigenvalue weighted by Gasteiger charge is -2.13. The second-order valence-corrected chi connectivity index (χ2v) is 7.96. The predicted octanol–water partition coefficient (Wildman–Crippen LogP) is 4.35. The molecule has 2 aromatic carbocycles. The third-order valence-corrected chi connectivity index (χ3v) is 5.63. The fraction of sp³-hybridized carbons (Fsp3) is 0.0909. The highest BCUT2D eigenvalue weighted by molar-refractivity contribution is 8.18. The van der Waals surface area contributed by atoms with Gasteiger partial charge in [-0.15, -0.1) is 0 Å². The van der Waals surface area contributed by atoms with Crippen LogP contribution in [0.1, 0.15) is 15.9 Å². The number of nitrogens with zero attached hydrogens (tertiary/aromatic N) is 2. The summed E-state index contributed by atoms with van der Waals surface area (Å²) in [6.07, 6.45) is 3.29.